The Bertz CT molecular complexity index is 654. The number of rotatable bonds is 6. The highest BCUT2D eigenvalue weighted by Crippen LogP contribution is 2.32. The Balaban J connectivity index is 2.60. The van der Waals surface area contributed by atoms with Crippen LogP contribution in [0.25, 0.3) is 11.0 Å². The van der Waals surface area contributed by atoms with Gasteiger partial charge in [0.05, 0.1) is 32.4 Å². The van der Waals surface area contributed by atoms with Gasteiger partial charge in [-0.05, 0) is 0 Å². The third-order valence-corrected chi connectivity index (χ3v) is 3.35. The maximum atomic E-state index is 11.6. The number of carbonyl (C=O) groups excluding carboxylic acids is 1. The van der Waals surface area contributed by atoms with Crippen molar-refractivity contribution in [3.05, 3.63) is 18.0 Å². The fraction of sp³-hybridized carbons (Fsp3) is 0.429. The first kappa shape index (κ1) is 15.4. The standard InChI is InChI=1S/C14H17ClN2O4/c1-19-11-6-9-10(7-12(11)20-2)17(8-14(18)21-3)13(16-9)4-5-15/h6-7H,4-5,8H2,1-3H3. The number of halogens is 1. The third-order valence-electron chi connectivity index (χ3n) is 3.17. The average molecular weight is 313 g/mol. The number of alkyl halides is 1. The molecule has 1 heterocycles. The minimum absolute atomic E-state index is 0.0781. The number of methoxy groups -OCH3 is 3. The van der Waals surface area contributed by atoms with Crippen LogP contribution in [0.2, 0.25) is 0 Å². The monoisotopic (exact) mass is 312 g/mol. The van der Waals surface area contributed by atoms with E-state index in [2.05, 4.69) is 4.98 Å². The minimum atomic E-state index is -0.347. The number of imidazole rings is 1. The molecule has 0 aliphatic heterocycles. The fourth-order valence-corrected chi connectivity index (χ4v) is 2.32. The van der Waals surface area contributed by atoms with Crippen molar-refractivity contribution in [3.63, 3.8) is 0 Å². The molecule has 0 aliphatic rings. The molecule has 0 atom stereocenters. The van der Waals surface area contributed by atoms with Crippen LogP contribution >= 0.6 is 11.6 Å². The summed E-state index contributed by atoms with van der Waals surface area (Å²) >= 11 is 5.80. The van der Waals surface area contributed by atoms with Crippen LogP contribution in [0.4, 0.5) is 0 Å². The van der Waals surface area contributed by atoms with Crippen molar-refractivity contribution in [2.45, 2.75) is 13.0 Å². The predicted molar refractivity (Wildman–Crippen MR) is 79.3 cm³/mol. The average Bonchev–Trinajstić information content (AvgIpc) is 2.82. The summed E-state index contributed by atoms with van der Waals surface area (Å²) < 4.78 is 17.1. The maximum Gasteiger partial charge on any atom is 0.325 e. The largest absolute Gasteiger partial charge is 0.493 e. The molecule has 0 aliphatic carbocycles. The van der Waals surface area contributed by atoms with Crippen LogP contribution in [0.15, 0.2) is 12.1 Å². The summed E-state index contributed by atoms with van der Waals surface area (Å²) in [6, 6.07) is 3.57. The molecule has 0 radical (unpaired) electrons. The molecule has 0 N–H and O–H groups in total. The van der Waals surface area contributed by atoms with Gasteiger partial charge in [-0.3, -0.25) is 4.79 Å². The number of benzene rings is 1. The second-order valence-electron chi connectivity index (χ2n) is 4.33. The first-order valence-corrected chi connectivity index (χ1v) is 6.92. The van der Waals surface area contributed by atoms with Crippen LogP contribution in [0.5, 0.6) is 11.5 Å². The molecule has 0 amide bonds. The number of esters is 1. The van der Waals surface area contributed by atoms with E-state index in [-0.39, 0.29) is 12.5 Å². The minimum Gasteiger partial charge on any atom is -0.493 e. The predicted octanol–water partition coefficient (Wildman–Crippen LogP) is 2.01. The number of ether oxygens (including phenoxy) is 3. The molecule has 1 aromatic heterocycles. The van der Waals surface area contributed by atoms with Gasteiger partial charge in [0.2, 0.25) is 0 Å². The first-order chi connectivity index (χ1) is 10.1. The number of carbonyl (C=O) groups is 1. The molecule has 0 spiro atoms. The van der Waals surface area contributed by atoms with E-state index in [0.717, 1.165) is 16.9 Å². The number of aromatic nitrogens is 2. The van der Waals surface area contributed by atoms with Gasteiger partial charge in [-0.2, -0.15) is 0 Å². The quantitative estimate of drug-likeness (QED) is 0.603. The molecular weight excluding hydrogens is 296 g/mol. The second-order valence-corrected chi connectivity index (χ2v) is 4.70. The van der Waals surface area contributed by atoms with Crippen LogP contribution in [0.1, 0.15) is 5.82 Å². The molecule has 2 rings (SSSR count). The lowest BCUT2D eigenvalue weighted by Crippen LogP contribution is -2.14. The smallest absolute Gasteiger partial charge is 0.325 e. The molecule has 0 saturated heterocycles. The van der Waals surface area contributed by atoms with Crippen LogP contribution in [0.3, 0.4) is 0 Å². The molecule has 1 aromatic carbocycles. The van der Waals surface area contributed by atoms with E-state index >= 15 is 0 Å². The van der Waals surface area contributed by atoms with Gasteiger partial charge >= 0.3 is 5.97 Å². The zero-order valence-corrected chi connectivity index (χ0v) is 12.9. The molecule has 21 heavy (non-hydrogen) atoms. The SMILES string of the molecule is COC(=O)Cn1c(CCCl)nc2cc(OC)c(OC)cc21. The zero-order valence-electron chi connectivity index (χ0n) is 12.2. The molecule has 0 saturated carbocycles. The summed E-state index contributed by atoms with van der Waals surface area (Å²) in [5, 5.41) is 0. The highest BCUT2D eigenvalue weighted by atomic mass is 35.5. The summed E-state index contributed by atoms with van der Waals surface area (Å²) in [6.07, 6.45) is 0.553. The van der Waals surface area contributed by atoms with E-state index in [0.29, 0.717) is 23.8 Å². The van der Waals surface area contributed by atoms with Crippen molar-refractivity contribution in [2.75, 3.05) is 27.2 Å². The zero-order chi connectivity index (χ0) is 15.4. The summed E-state index contributed by atoms with van der Waals surface area (Å²) in [5.74, 6) is 1.96. The Labute approximate surface area is 127 Å². The number of nitrogens with zero attached hydrogens (tertiary/aromatic N) is 2. The van der Waals surface area contributed by atoms with E-state index < -0.39 is 0 Å². The van der Waals surface area contributed by atoms with Gasteiger partial charge in [0, 0.05) is 24.4 Å². The van der Waals surface area contributed by atoms with E-state index in [4.69, 9.17) is 25.8 Å². The van der Waals surface area contributed by atoms with Crippen molar-refractivity contribution < 1.29 is 19.0 Å². The first-order valence-electron chi connectivity index (χ1n) is 6.38. The Morgan fingerprint density at radius 2 is 1.90 bits per heavy atom. The second kappa shape index (κ2) is 6.67. The summed E-state index contributed by atoms with van der Waals surface area (Å²) in [4.78, 5) is 16.1. The van der Waals surface area contributed by atoms with Gasteiger partial charge in [0.25, 0.3) is 0 Å². The van der Waals surface area contributed by atoms with Crippen LogP contribution < -0.4 is 9.47 Å². The Kier molecular flexibility index (Phi) is 4.90. The molecule has 0 unspecified atom stereocenters. The van der Waals surface area contributed by atoms with Crippen LogP contribution in [0, 0.1) is 0 Å². The van der Waals surface area contributed by atoms with Gasteiger partial charge in [-0.25, -0.2) is 4.98 Å². The molecular formula is C14H17ClN2O4. The van der Waals surface area contributed by atoms with Crippen LogP contribution in [-0.2, 0) is 22.5 Å². The summed E-state index contributed by atoms with van der Waals surface area (Å²) in [5.41, 5.74) is 1.50. The Hall–Kier alpha value is -1.95. The molecule has 2 aromatic rings. The molecule has 0 fully saturated rings. The third kappa shape index (κ3) is 3.05. The highest BCUT2D eigenvalue weighted by molar-refractivity contribution is 6.17. The normalized spacial score (nSPS) is 10.7. The lowest BCUT2D eigenvalue weighted by atomic mass is 10.2. The van der Waals surface area contributed by atoms with Crippen molar-refractivity contribution in [1.29, 1.82) is 0 Å². The molecule has 6 nitrogen and oxygen atoms in total. The maximum absolute atomic E-state index is 11.6. The van der Waals surface area contributed by atoms with Gasteiger partial charge in [-0.1, -0.05) is 0 Å². The van der Waals surface area contributed by atoms with Gasteiger partial charge in [0.1, 0.15) is 12.4 Å². The summed E-state index contributed by atoms with van der Waals surface area (Å²) in [6.45, 7) is 0.0781. The van der Waals surface area contributed by atoms with Crippen molar-refractivity contribution in [1.82, 2.24) is 9.55 Å². The molecule has 7 heteroatoms. The summed E-state index contributed by atoms with van der Waals surface area (Å²) in [7, 11) is 4.48. The van der Waals surface area contributed by atoms with Gasteiger partial charge in [-0.15, -0.1) is 11.6 Å². The van der Waals surface area contributed by atoms with E-state index in [9.17, 15) is 4.79 Å². The van der Waals surface area contributed by atoms with Crippen molar-refractivity contribution in [2.24, 2.45) is 0 Å². The highest BCUT2D eigenvalue weighted by Gasteiger charge is 2.17. The van der Waals surface area contributed by atoms with E-state index in [1.165, 1.54) is 7.11 Å². The lowest BCUT2D eigenvalue weighted by Gasteiger charge is -2.09. The molecule has 114 valence electrons. The Morgan fingerprint density at radius 3 is 2.48 bits per heavy atom. The molecule has 0 bridgehead atoms. The van der Waals surface area contributed by atoms with Crippen molar-refractivity contribution in [3.8, 4) is 11.5 Å². The number of hydrogen-bond acceptors (Lipinski definition) is 5. The van der Waals surface area contributed by atoms with E-state index in [1.54, 1.807) is 30.9 Å². The lowest BCUT2D eigenvalue weighted by molar-refractivity contribution is -0.141. The van der Waals surface area contributed by atoms with Gasteiger partial charge < -0.3 is 18.8 Å². The fourth-order valence-electron chi connectivity index (χ4n) is 2.15. The van der Waals surface area contributed by atoms with Crippen LogP contribution in [-0.4, -0.2) is 42.7 Å². The topological polar surface area (TPSA) is 62.6 Å². The van der Waals surface area contributed by atoms with E-state index in [1.807, 2.05) is 0 Å². The van der Waals surface area contributed by atoms with Gasteiger partial charge in [0.15, 0.2) is 11.5 Å². The van der Waals surface area contributed by atoms with Crippen molar-refractivity contribution >= 4 is 28.6 Å². The number of hydrogen-bond donors (Lipinski definition) is 0. The number of aryl methyl sites for hydroxylation is 1. The Morgan fingerprint density at radius 1 is 1.24 bits per heavy atom. The number of fused-ring (bicyclic) bond motifs is 1.